The quantitative estimate of drug-likeness (QED) is 0.325. The molecule has 9 heteroatoms. The molecule has 3 rings (SSSR count). The Labute approximate surface area is 170 Å². The molecule has 0 atom stereocenters. The number of methoxy groups -OCH3 is 1. The summed E-state index contributed by atoms with van der Waals surface area (Å²) in [6.45, 7) is -0.152. The zero-order chi connectivity index (χ0) is 19.8. The molecule has 1 amide bonds. The molecule has 3 aromatic rings. The Balaban J connectivity index is 1.44. The van der Waals surface area contributed by atoms with Crippen LogP contribution in [0.4, 0.5) is 5.13 Å². The highest BCUT2D eigenvalue weighted by atomic mass is 32.2. The Kier molecular flexibility index (Phi) is 6.99. The second kappa shape index (κ2) is 9.86. The number of Topliss-reactive ketones (excluding diaryl/α,β-unsaturated/α-hetero) is 1. The first-order valence-electron chi connectivity index (χ1n) is 8.25. The molecule has 0 fully saturated rings. The second-order valence-electron chi connectivity index (χ2n) is 5.46. The molecule has 0 saturated heterocycles. The molecule has 0 unspecified atom stereocenters. The van der Waals surface area contributed by atoms with E-state index in [0.717, 1.165) is 0 Å². The standard InChI is InChI=1S/C19H17N3O4S2/c1-25-14-7-9-15(10-8-14)26-11-17(24)20-18-21-22-19(28-18)27-12-16(23)13-5-3-2-4-6-13/h2-10H,11-12H2,1H3,(H,20,21,24). The minimum atomic E-state index is -0.344. The van der Waals surface area contributed by atoms with Crippen molar-refractivity contribution >= 4 is 39.9 Å². The number of benzene rings is 2. The number of aromatic nitrogens is 2. The van der Waals surface area contributed by atoms with Crippen molar-refractivity contribution in [1.82, 2.24) is 10.2 Å². The number of ether oxygens (including phenoxy) is 2. The predicted molar refractivity (Wildman–Crippen MR) is 109 cm³/mol. The van der Waals surface area contributed by atoms with Gasteiger partial charge in [0.25, 0.3) is 5.91 Å². The van der Waals surface area contributed by atoms with Crippen LogP contribution < -0.4 is 14.8 Å². The maximum atomic E-state index is 12.1. The number of nitrogens with one attached hydrogen (secondary N) is 1. The number of carbonyl (C=O) groups excluding carboxylic acids is 2. The van der Waals surface area contributed by atoms with Gasteiger partial charge in [-0.2, -0.15) is 0 Å². The normalized spacial score (nSPS) is 10.3. The van der Waals surface area contributed by atoms with Gasteiger partial charge in [0.15, 0.2) is 16.7 Å². The minimum Gasteiger partial charge on any atom is -0.497 e. The molecule has 1 N–H and O–H groups in total. The van der Waals surface area contributed by atoms with Gasteiger partial charge in [0, 0.05) is 5.56 Å². The summed E-state index contributed by atoms with van der Waals surface area (Å²) in [5, 5.41) is 10.9. The average Bonchev–Trinajstić information content (AvgIpc) is 3.18. The van der Waals surface area contributed by atoms with E-state index in [1.54, 1.807) is 43.5 Å². The van der Waals surface area contributed by atoms with Gasteiger partial charge < -0.3 is 9.47 Å². The van der Waals surface area contributed by atoms with Crippen LogP contribution in [0.2, 0.25) is 0 Å². The molecule has 2 aromatic carbocycles. The second-order valence-corrected chi connectivity index (χ2v) is 7.66. The summed E-state index contributed by atoms with van der Waals surface area (Å²) in [4.78, 5) is 24.1. The van der Waals surface area contributed by atoms with Crippen molar-refractivity contribution in [2.75, 3.05) is 24.8 Å². The van der Waals surface area contributed by atoms with Gasteiger partial charge in [0.05, 0.1) is 12.9 Å². The molecule has 0 radical (unpaired) electrons. The Bertz CT molecular complexity index is 930. The maximum Gasteiger partial charge on any atom is 0.264 e. The molecule has 0 bridgehead atoms. The van der Waals surface area contributed by atoms with Gasteiger partial charge in [-0.15, -0.1) is 10.2 Å². The van der Waals surface area contributed by atoms with Gasteiger partial charge in [-0.05, 0) is 24.3 Å². The number of rotatable bonds is 9. The molecule has 0 spiro atoms. The topological polar surface area (TPSA) is 90.4 Å². The molecule has 0 aliphatic carbocycles. The van der Waals surface area contributed by atoms with Crippen molar-refractivity contribution in [3.63, 3.8) is 0 Å². The Hall–Kier alpha value is -2.91. The minimum absolute atomic E-state index is 0.0132. The summed E-state index contributed by atoms with van der Waals surface area (Å²) in [5.74, 6) is 1.20. The van der Waals surface area contributed by atoms with Crippen LogP contribution in [0.3, 0.4) is 0 Å². The van der Waals surface area contributed by atoms with Gasteiger partial charge in [0.1, 0.15) is 11.5 Å². The Morgan fingerprint density at radius 2 is 1.75 bits per heavy atom. The summed E-state index contributed by atoms with van der Waals surface area (Å²) in [5.41, 5.74) is 0.656. The summed E-state index contributed by atoms with van der Waals surface area (Å²) in [6, 6.07) is 16.0. The van der Waals surface area contributed by atoms with Crippen LogP contribution in [0.5, 0.6) is 11.5 Å². The van der Waals surface area contributed by atoms with Gasteiger partial charge in [-0.1, -0.05) is 53.4 Å². The lowest BCUT2D eigenvalue weighted by Crippen LogP contribution is -2.20. The highest BCUT2D eigenvalue weighted by Gasteiger charge is 2.12. The van der Waals surface area contributed by atoms with Crippen LogP contribution >= 0.6 is 23.1 Å². The summed E-state index contributed by atoms with van der Waals surface area (Å²) >= 11 is 2.50. The van der Waals surface area contributed by atoms with Crippen molar-refractivity contribution in [3.05, 3.63) is 60.2 Å². The van der Waals surface area contributed by atoms with Crippen LogP contribution in [-0.4, -0.2) is 41.4 Å². The van der Waals surface area contributed by atoms with Crippen LogP contribution in [0.15, 0.2) is 58.9 Å². The average molecular weight is 415 g/mol. The van der Waals surface area contributed by atoms with Crippen molar-refractivity contribution in [1.29, 1.82) is 0 Å². The molecule has 0 aliphatic rings. The van der Waals surface area contributed by atoms with Gasteiger partial charge >= 0.3 is 0 Å². The number of amides is 1. The molecule has 7 nitrogen and oxygen atoms in total. The number of ketones is 1. The summed E-state index contributed by atoms with van der Waals surface area (Å²) < 4.78 is 11.1. The van der Waals surface area contributed by atoms with E-state index in [0.29, 0.717) is 26.5 Å². The lowest BCUT2D eigenvalue weighted by molar-refractivity contribution is -0.118. The van der Waals surface area contributed by atoms with Crippen molar-refractivity contribution in [3.8, 4) is 11.5 Å². The fourth-order valence-corrected chi connectivity index (χ4v) is 3.79. The molecule has 28 heavy (non-hydrogen) atoms. The number of nitrogens with zero attached hydrogens (tertiary/aromatic N) is 2. The van der Waals surface area contributed by atoms with Gasteiger partial charge in [0.2, 0.25) is 5.13 Å². The van der Waals surface area contributed by atoms with Gasteiger partial charge in [-0.3, -0.25) is 14.9 Å². The van der Waals surface area contributed by atoms with Crippen molar-refractivity contribution < 1.29 is 19.1 Å². The lowest BCUT2D eigenvalue weighted by Gasteiger charge is -2.06. The monoisotopic (exact) mass is 415 g/mol. The molecular weight excluding hydrogens is 398 g/mol. The number of carbonyl (C=O) groups is 2. The molecule has 0 saturated carbocycles. The van der Waals surface area contributed by atoms with Gasteiger partial charge in [-0.25, -0.2) is 0 Å². The first-order valence-corrected chi connectivity index (χ1v) is 10.1. The lowest BCUT2D eigenvalue weighted by atomic mass is 10.2. The maximum absolute atomic E-state index is 12.1. The smallest absolute Gasteiger partial charge is 0.264 e. The zero-order valence-corrected chi connectivity index (χ0v) is 16.6. The third-order valence-corrected chi connectivity index (χ3v) is 5.48. The van der Waals surface area contributed by atoms with E-state index < -0.39 is 0 Å². The number of thioether (sulfide) groups is 1. The van der Waals surface area contributed by atoms with E-state index in [9.17, 15) is 9.59 Å². The predicted octanol–water partition coefficient (Wildman–Crippen LogP) is 3.54. The van der Waals surface area contributed by atoms with Crippen molar-refractivity contribution in [2.24, 2.45) is 0 Å². The third-order valence-electron chi connectivity index (χ3n) is 3.50. The fourth-order valence-electron chi connectivity index (χ4n) is 2.13. The first-order chi connectivity index (χ1) is 13.6. The summed E-state index contributed by atoms with van der Waals surface area (Å²) in [6.07, 6.45) is 0. The highest BCUT2D eigenvalue weighted by molar-refractivity contribution is 8.01. The Morgan fingerprint density at radius 1 is 1.04 bits per heavy atom. The number of hydrogen-bond donors (Lipinski definition) is 1. The molecule has 1 aromatic heterocycles. The molecular formula is C19H17N3O4S2. The van der Waals surface area contributed by atoms with Crippen LogP contribution in [-0.2, 0) is 4.79 Å². The van der Waals surface area contributed by atoms with Crippen LogP contribution in [0, 0.1) is 0 Å². The van der Waals surface area contributed by atoms with Crippen molar-refractivity contribution in [2.45, 2.75) is 4.34 Å². The largest absolute Gasteiger partial charge is 0.497 e. The van der Waals surface area contributed by atoms with E-state index in [-0.39, 0.29) is 24.1 Å². The van der Waals surface area contributed by atoms with E-state index in [2.05, 4.69) is 15.5 Å². The fraction of sp³-hybridized carbons (Fsp3) is 0.158. The molecule has 144 valence electrons. The van der Waals surface area contributed by atoms with E-state index in [1.807, 2.05) is 18.2 Å². The zero-order valence-electron chi connectivity index (χ0n) is 15.0. The van der Waals surface area contributed by atoms with Crippen LogP contribution in [0.25, 0.3) is 0 Å². The highest BCUT2D eigenvalue weighted by Crippen LogP contribution is 2.26. The third kappa shape index (κ3) is 5.80. The molecule has 0 aliphatic heterocycles. The van der Waals surface area contributed by atoms with E-state index >= 15 is 0 Å². The Morgan fingerprint density at radius 3 is 2.46 bits per heavy atom. The molecule has 1 heterocycles. The van der Waals surface area contributed by atoms with E-state index in [1.165, 1.54) is 23.1 Å². The number of hydrogen-bond acceptors (Lipinski definition) is 8. The van der Waals surface area contributed by atoms with Crippen LogP contribution in [0.1, 0.15) is 10.4 Å². The van der Waals surface area contributed by atoms with E-state index in [4.69, 9.17) is 9.47 Å². The SMILES string of the molecule is COc1ccc(OCC(=O)Nc2nnc(SCC(=O)c3ccccc3)s2)cc1. The first kappa shape index (κ1) is 19.8. The number of anilines is 1. The summed E-state index contributed by atoms with van der Waals surface area (Å²) in [7, 11) is 1.58.